The molecule has 2 aromatic rings. The van der Waals surface area contributed by atoms with Crippen LogP contribution in [0, 0.1) is 0 Å². The minimum Gasteiger partial charge on any atom is -0.348 e. The number of anilines is 1. The van der Waals surface area contributed by atoms with E-state index in [9.17, 15) is 4.79 Å². The maximum absolute atomic E-state index is 13.0. The maximum atomic E-state index is 13.0. The lowest BCUT2D eigenvalue weighted by Gasteiger charge is -2.25. The highest BCUT2D eigenvalue weighted by molar-refractivity contribution is 6.02. The molecule has 2 aliphatic rings. The van der Waals surface area contributed by atoms with Crippen molar-refractivity contribution in [1.82, 2.24) is 0 Å². The third-order valence-electron chi connectivity index (χ3n) is 4.49. The summed E-state index contributed by atoms with van der Waals surface area (Å²) in [6, 6.07) is 18.8. The first-order chi connectivity index (χ1) is 11.3. The van der Waals surface area contributed by atoms with E-state index in [4.69, 9.17) is 9.57 Å². The highest BCUT2D eigenvalue weighted by Gasteiger charge is 2.51. The van der Waals surface area contributed by atoms with Gasteiger partial charge in [-0.3, -0.25) is 4.79 Å². The number of para-hydroxylation sites is 1. The summed E-state index contributed by atoms with van der Waals surface area (Å²) in [4.78, 5) is 19.1. The van der Waals surface area contributed by atoms with Gasteiger partial charge >= 0.3 is 0 Å². The van der Waals surface area contributed by atoms with Crippen molar-refractivity contribution < 1.29 is 14.4 Å². The van der Waals surface area contributed by atoms with E-state index in [1.165, 1.54) is 0 Å². The molecule has 23 heavy (non-hydrogen) atoms. The normalized spacial score (nSPS) is 26.8. The molecule has 0 unspecified atom stereocenters. The Labute approximate surface area is 135 Å². The van der Waals surface area contributed by atoms with E-state index in [0.29, 0.717) is 18.6 Å². The Morgan fingerprint density at radius 3 is 2.39 bits per heavy atom. The number of rotatable bonds is 3. The average Bonchev–Trinajstić information content (AvgIpc) is 3.23. The van der Waals surface area contributed by atoms with Crippen LogP contribution in [-0.4, -0.2) is 24.2 Å². The van der Waals surface area contributed by atoms with Crippen molar-refractivity contribution in [3.8, 4) is 0 Å². The lowest BCUT2D eigenvalue weighted by molar-refractivity contribution is -0.186. The molecule has 1 spiro atoms. The van der Waals surface area contributed by atoms with Gasteiger partial charge in [-0.05, 0) is 18.6 Å². The van der Waals surface area contributed by atoms with Gasteiger partial charge in [-0.1, -0.05) is 48.5 Å². The molecule has 2 heterocycles. The number of carbonyl (C=O) groups excluding carboxylic acids is 1. The first kappa shape index (κ1) is 14.4. The lowest BCUT2D eigenvalue weighted by Crippen LogP contribution is -2.35. The first-order valence-corrected chi connectivity index (χ1v) is 8.04. The molecule has 4 heteroatoms. The molecule has 2 saturated heterocycles. The molecule has 2 aliphatic heterocycles. The van der Waals surface area contributed by atoms with E-state index in [1.807, 2.05) is 60.7 Å². The van der Waals surface area contributed by atoms with E-state index >= 15 is 0 Å². The van der Waals surface area contributed by atoms with Gasteiger partial charge < -0.3 is 4.74 Å². The molecule has 0 aliphatic carbocycles. The number of hydrogen-bond acceptors (Lipinski definition) is 4. The Bertz CT molecular complexity index is 680. The van der Waals surface area contributed by atoms with Gasteiger partial charge in [-0.25, -0.2) is 9.90 Å². The summed E-state index contributed by atoms with van der Waals surface area (Å²) in [5, 5.41) is 1.74. The third-order valence-corrected chi connectivity index (χ3v) is 4.49. The van der Waals surface area contributed by atoms with E-state index < -0.39 is 5.79 Å². The molecule has 4 rings (SSSR count). The Kier molecular flexibility index (Phi) is 3.63. The summed E-state index contributed by atoms with van der Waals surface area (Å²) >= 11 is 0. The Morgan fingerprint density at radius 1 is 1.04 bits per heavy atom. The van der Waals surface area contributed by atoms with Crippen LogP contribution in [0.5, 0.6) is 0 Å². The number of hydroxylamine groups is 1. The predicted molar refractivity (Wildman–Crippen MR) is 87.1 cm³/mol. The molecule has 0 N–H and O–H groups in total. The lowest BCUT2D eigenvalue weighted by atomic mass is 9.97. The number of ether oxygens (including phenoxy) is 1. The molecule has 0 amide bonds. The number of Topliss-reactive ketones (excluding diaryl/α,β-unsaturated/α-hetero) is 1. The second-order valence-corrected chi connectivity index (χ2v) is 6.07. The molecule has 4 nitrogen and oxygen atoms in total. The van der Waals surface area contributed by atoms with E-state index in [-0.39, 0.29) is 11.8 Å². The van der Waals surface area contributed by atoms with Crippen LogP contribution in [0.15, 0.2) is 60.7 Å². The van der Waals surface area contributed by atoms with Crippen LogP contribution in [0.2, 0.25) is 0 Å². The zero-order valence-corrected chi connectivity index (χ0v) is 12.9. The maximum Gasteiger partial charge on any atom is 0.196 e. The first-order valence-electron chi connectivity index (χ1n) is 8.04. The number of benzene rings is 2. The van der Waals surface area contributed by atoms with Crippen LogP contribution in [0.3, 0.4) is 0 Å². The molecule has 0 radical (unpaired) electrons. The summed E-state index contributed by atoms with van der Waals surface area (Å²) in [6.07, 6.45) is 2.36. The number of ketones is 1. The molecule has 118 valence electrons. The van der Waals surface area contributed by atoms with Gasteiger partial charge in [-0.2, -0.15) is 0 Å². The van der Waals surface area contributed by atoms with Gasteiger partial charge in [0.05, 0.1) is 12.3 Å². The van der Waals surface area contributed by atoms with Gasteiger partial charge in [-0.15, -0.1) is 0 Å². The Hall–Kier alpha value is -2.17. The van der Waals surface area contributed by atoms with Crippen molar-refractivity contribution in [2.24, 2.45) is 0 Å². The van der Waals surface area contributed by atoms with E-state index in [0.717, 1.165) is 18.5 Å². The SMILES string of the molecule is O=C(c1ccccc1)[C@@H]1C[C@]2(CCCO2)ON1c1ccccc1. The highest BCUT2D eigenvalue weighted by atomic mass is 16.8. The number of hydrogen-bond donors (Lipinski definition) is 0. The molecule has 2 fully saturated rings. The standard InChI is InChI=1S/C19H19NO3/c21-18(15-8-3-1-4-9-15)17-14-19(12-7-13-22-19)23-20(17)16-10-5-2-6-11-16/h1-6,8-11,17H,7,12-14H2/t17-,19-/m0/s1. The van der Waals surface area contributed by atoms with Crippen molar-refractivity contribution in [2.45, 2.75) is 31.1 Å². The van der Waals surface area contributed by atoms with Crippen molar-refractivity contribution in [1.29, 1.82) is 0 Å². The zero-order chi connectivity index (χ0) is 15.7. The quantitative estimate of drug-likeness (QED) is 0.812. The van der Waals surface area contributed by atoms with Crippen LogP contribution in [0.25, 0.3) is 0 Å². The van der Waals surface area contributed by atoms with E-state index in [1.54, 1.807) is 5.06 Å². The van der Waals surface area contributed by atoms with Gasteiger partial charge in [0.15, 0.2) is 11.6 Å². The van der Waals surface area contributed by atoms with Crippen molar-refractivity contribution in [3.05, 3.63) is 66.2 Å². The van der Waals surface area contributed by atoms with Crippen LogP contribution >= 0.6 is 0 Å². The van der Waals surface area contributed by atoms with Crippen molar-refractivity contribution in [2.75, 3.05) is 11.7 Å². The number of nitrogens with zero attached hydrogens (tertiary/aromatic N) is 1. The molecule has 0 saturated carbocycles. The van der Waals surface area contributed by atoms with Gasteiger partial charge in [0, 0.05) is 18.4 Å². The summed E-state index contributed by atoms with van der Waals surface area (Å²) in [7, 11) is 0. The minimum atomic E-state index is -0.648. The van der Waals surface area contributed by atoms with Crippen molar-refractivity contribution >= 4 is 11.5 Å². The predicted octanol–water partition coefficient (Wildman–Crippen LogP) is 3.59. The number of carbonyl (C=O) groups is 1. The fourth-order valence-electron chi connectivity index (χ4n) is 3.36. The van der Waals surface area contributed by atoms with Crippen LogP contribution in [0.4, 0.5) is 5.69 Å². The topological polar surface area (TPSA) is 38.8 Å². The fourth-order valence-corrected chi connectivity index (χ4v) is 3.36. The van der Waals surface area contributed by atoms with E-state index in [2.05, 4.69) is 0 Å². The van der Waals surface area contributed by atoms with Gasteiger partial charge in [0.25, 0.3) is 0 Å². The second-order valence-electron chi connectivity index (χ2n) is 6.07. The molecule has 2 atom stereocenters. The summed E-state index contributed by atoms with van der Waals surface area (Å²) in [5.74, 6) is -0.577. The Morgan fingerprint density at radius 2 is 1.74 bits per heavy atom. The molecule has 0 aromatic heterocycles. The average molecular weight is 309 g/mol. The molecule has 2 aromatic carbocycles. The third kappa shape index (κ3) is 2.64. The van der Waals surface area contributed by atoms with Crippen LogP contribution < -0.4 is 5.06 Å². The monoisotopic (exact) mass is 309 g/mol. The largest absolute Gasteiger partial charge is 0.348 e. The summed E-state index contributed by atoms with van der Waals surface area (Å²) in [6.45, 7) is 0.689. The molecular formula is C19H19NO3. The summed E-state index contributed by atoms with van der Waals surface area (Å²) < 4.78 is 5.85. The smallest absolute Gasteiger partial charge is 0.196 e. The van der Waals surface area contributed by atoms with Crippen LogP contribution in [0.1, 0.15) is 29.6 Å². The zero-order valence-electron chi connectivity index (χ0n) is 12.9. The van der Waals surface area contributed by atoms with Crippen LogP contribution in [-0.2, 0) is 9.57 Å². The van der Waals surface area contributed by atoms with Crippen molar-refractivity contribution in [3.63, 3.8) is 0 Å². The minimum absolute atomic E-state index is 0.0711. The summed E-state index contributed by atoms with van der Waals surface area (Å²) in [5.41, 5.74) is 1.59. The van der Waals surface area contributed by atoms with Gasteiger partial charge in [0.1, 0.15) is 6.04 Å². The second kappa shape index (κ2) is 5.80. The fraction of sp³-hybridized carbons (Fsp3) is 0.316. The van der Waals surface area contributed by atoms with Gasteiger partial charge in [0.2, 0.25) is 0 Å². The molecular weight excluding hydrogens is 290 g/mol. The Balaban J connectivity index is 1.68. The highest BCUT2D eigenvalue weighted by Crippen LogP contribution is 2.42. The molecule has 0 bridgehead atoms.